The molecule has 2 rings (SSSR count). The van der Waals surface area contributed by atoms with Crippen molar-refractivity contribution in [3.05, 3.63) is 30.7 Å². The lowest BCUT2D eigenvalue weighted by Gasteiger charge is -2.11. The number of carbonyl (C=O) groups excluding carboxylic acids is 1. The molecule has 0 unspecified atom stereocenters. The number of amides is 1. The molecule has 1 aromatic heterocycles. The van der Waals surface area contributed by atoms with E-state index in [0.717, 1.165) is 11.3 Å². The summed E-state index contributed by atoms with van der Waals surface area (Å²) in [4.78, 5) is 11.8. The van der Waals surface area contributed by atoms with Gasteiger partial charge in [0.15, 0.2) is 0 Å². The number of hydrogen-bond donors (Lipinski definition) is 2. The summed E-state index contributed by atoms with van der Waals surface area (Å²) >= 11 is 1.67. The van der Waals surface area contributed by atoms with Crippen LogP contribution in [0.4, 0.5) is 5.69 Å². The molecule has 1 heterocycles. The van der Waals surface area contributed by atoms with Gasteiger partial charge in [0.1, 0.15) is 0 Å². The molecule has 0 bridgehead atoms. The van der Waals surface area contributed by atoms with Crippen LogP contribution in [0, 0.1) is 0 Å². The molecule has 1 aromatic carbocycles. The number of nitrogens with zero attached hydrogens (tertiary/aromatic N) is 2. The summed E-state index contributed by atoms with van der Waals surface area (Å²) in [5.74, 6) is 1.13. The predicted octanol–water partition coefficient (Wildman–Crippen LogP) is 1.76. The lowest BCUT2D eigenvalue weighted by Crippen LogP contribution is -2.36. The lowest BCUT2D eigenvalue weighted by molar-refractivity contribution is -0.117. The number of carbonyl (C=O) groups is 1. The molecule has 0 saturated carbocycles. The predicted molar refractivity (Wildman–Crippen MR) is 79.3 cm³/mol. The van der Waals surface area contributed by atoms with Crippen molar-refractivity contribution in [3.63, 3.8) is 0 Å². The van der Waals surface area contributed by atoms with E-state index in [1.165, 1.54) is 6.39 Å². The van der Waals surface area contributed by atoms with Crippen LogP contribution >= 0.6 is 11.8 Å². The number of thioether (sulfide) groups is 1. The molecular formula is C13H16N4O2S. The van der Waals surface area contributed by atoms with E-state index in [4.69, 9.17) is 10.2 Å². The first-order valence-corrected chi connectivity index (χ1v) is 7.52. The molecule has 0 fully saturated rings. The van der Waals surface area contributed by atoms with Gasteiger partial charge in [-0.3, -0.25) is 4.79 Å². The zero-order valence-corrected chi connectivity index (χ0v) is 11.9. The number of nitrogens with two attached hydrogens (primary N) is 1. The second-order valence-corrected chi connectivity index (χ2v) is 5.18. The first-order chi connectivity index (χ1) is 9.70. The van der Waals surface area contributed by atoms with Crippen molar-refractivity contribution in [2.45, 2.75) is 12.5 Å². The van der Waals surface area contributed by atoms with Gasteiger partial charge >= 0.3 is 0 Å². The zero-order chi connectivity index (χ0) is 14.4. The average Bonchev–Trinajstić information content (AvgIpc) is 2.99. The van der Waals surface area contributed by atoms with Crippen molar-refractivity contribution in [1.29, 1.82) is 0 Å². The molecule has 0 saturated heterocycles. The summed E-state index contributed by atoms with van der Waals surface area (Å²) in [6, 6.07) is 6.67. The fourth-order valence-corrected chi connectivity index (χ4v) is 2.10. The normalized spacial score (nSPS) is 12.1. The highest BCUT2D eigenvalue weighted by molar-refractivity contribution is 7.98. The van der Waals surface area contributed by atoms with Crippen LogP contribution in [-0.2, 0) is 4.79 Å². The third-order valence-corrected chi connectivity index (χ3v) is 3.37. The summed E-state index contributed by atoms with van der Waals surface area (Å²) in [5, 5.41) is 10.2. The molecule has 1 atom stereocenters. The second kappa shape index (κ2) is 7.06. The van der Waals surface area contributed by atoms with E-state index in [0.29, 0.717) is 18.0 Å². The average molecular weight is 292 g/mol. The van der Waals surface area contributed by atoms with Gasteiger partial charge in [-0.1, -0.05) is 0 Å². The standard InChI is InChI=1S/C13H16N4O2S/c1-20-7-6-11(14)12(18)16-10-4-2-9(3-5-10)13-17-15-8-19-13/h2-5,8,11H,6-7,14H2,1H3,(H,16,18)/t11-/m1/s1. The van der Waals surface area contributed by atoms with Gasteiger partial charge in [-0.15, -0.1) is 10.2 Å². The number of aromatic nitrogens is 2. The van der Waals surface area contributed by atoms with Crippen molar-refractivity contribution < 1.29 is 9.21 Å². The Morgan fingerprint density at radius 3 is 2.80 bits per heavy atom. The third kappa shape index (κ3) is 3.82. The molecule has 0 radical (unpaired) electrons. The van der Waals surface area contributed by atoms with Crippen molar-refractivity contribution in [1.82, 2.24) is 10.2 Å². The Kier molecular flexibility index (Phi) is 5.14. The summed E-state index contributed by atoms with van der Waals surface area (Å²) < 4.78 is 5.09. The maximum Gasteiger partial charge on any atom is 0.247 e. The third-order valence-electron chi connectivity index (χ3n) is 2.73. The molecule has 6 nitrogen and oxygen atoms in total. The van der Waals surface area contributed by atoms with Crippen molar-refractivity contribution >= 4 is 23.4 Å². The highest BCUT2D eigenvalue weighted by atomic mass is 32.2. The van der Waals surface area contributed by atoms with Crippen LogP contribution in [-0.4, -0.2) is 34.2 Å². The number of anilines is 1. The highest BCUT2D eigenvalue weighted by Gasteiger charge is 2.13. The molecule has 2 aromatic rings. The first-order valence-electron chi connectivity index (χ1n) is 6.12. The molecule has 0 aliphatic heterocycles. The molecule has 0 aliphatic carbocycles. The molecule has 1 amide bonds. The Balaban J connectivity index is 1.95. The minimum absolute atomic E-state index is 0.176. The molecule has 106 valence electrons. The van der Waals surface area contributed by atoms with Crippen LogP contribution < -0.4 is 11.1 Å². The highest BCUT2D eigenvalue weighted by Crippen LogP contribution is 2.19. The van der Waals surface area contributed by atoms with Crippen LogP contribution in [0.2, 0.25) is 0 Å². The molecule has 0 spiro atoms. The Morgan fingerprint density at radius 2 is 2.20 bits per heavy atom. The van der Waals surface area contributed by atoms with E-state index >= 15 is 0 Å². The van der Waals surface area contributed by atoms with Gasteiger partial charge in [0.2, 0.25) is 18.2 Å². The summed E-state index contributed by atoms with van der Waals surface area (Å²) in [6.45, 7) is 0. The fraction of sp³-hybridized carbons (Fsp3) is 0.308. The Hall–Kier alpha value is -1.86. The monoisotopic (exact) mass is 292 g/mol. The smallest absolute Gasteiger partial charge is 0.247 e. The number of hydrogen-bond acceptors (Lipinski definition) is 6. The van der Waals surface area contributed by atoms with E-state index in [1.54, 1.807) is 36.0 Å². The molecule has 20 heavy (non-hydrogen) atoms. The van der Waals surface area contributed by atoms with Crippen LogP contribution in [0.3, 0.4) is 0 Å². The van der Waals surface area contributed by atoms with Crippen molar-refractivity contribution in [3.8, 4) is 11.5 Å². The minimum atomic E-state index is -0.488. The topological polar surface area (TPSA) is 94.0 Å². The van der Waals surface area contributed by atoms with E-state index in [-0.39, 0.29) is 5.91 Å². The van der Waals surface area contributed by atoms with Gasteiger partial charge in [-0.2, -0.15) is 11.8 Å². The van der Waals surface area contributed by atoms with Crippen LogP contribution in [0.5, 0.6) is 0 Å². The first kappa shape index (κ1) is 14.5. The maximum atomic E-state index is 11.8. The largest absolute Gasteiger partial charge is 0.423 e. The minimum Gasteiger partial charge on any atom is -0.423 e. The van der Waals surface area contributed by atoms with E-state index in [9.17, 15) is 4.79 Å². The molecular weight excluding hydrogens is 276 g/mol. The summed E-state index contributed by atoms with van der Waals surface area (Å²) in [6.07, 6.45) is 3.92. The van der Waals surface area contributed by atoms with Gasteiger partial charge in [0.05, 0.1) is 6.04 Å². The van der Waals surface area contributed by atoms with Gasteiger partial charge in [-0.25, -0.2) is 0 Å². The summed E-state index contributed by atoms with van der Waals surface area (Å²) in [5.41, 5.74) is 7.29. The SMILES string of the molecule is CSCC[C@@H](N)C(=O)Nc1ccc(-c2nnco2)cc1. The van der Waals surface area contributed by atoms with E-state index in [2.05, 4.69) is 15.5 Å². The lowest BCUT2D eigenvalue weighted by atomic mass is 10.2. The quantitative estimate of drug-likeness (QED) is 0.842. The Morgan fingerprint density at radius 1 is 1.45 bits per heavy atom. The Labute approximate surface area is 121 Å². The van der Waals surface area contributed by atoms with Crippen molar-refractivity contribution in [2.24, 2.45) is 5.73 Å². The summed E-state index contributed by atoms with van der Waals surface area (Å²) in [7, 11) is 0. The fourth-order valence-electron chi connectivity index (χ4n) is 1.61. The van der Waals surface area contributed by atoms with Crippen LogP contribution in [0.15, 0.2) is 35.1 Å². The number of rotatable bonds is 6. The molecule has 3 N–H and O–H groups in total. The molecule has 7 heteroatoms. The van der Waals surface area contributed by atoms with E-state index < -0.39 is 6.04 Å². The van der Waals surface area contributed by atoms with Gasteiger partial charge in [0, 0.05) is 11.3 Å². The van der Waals surface area contributed by atoms with Crippen LogP contribution in [0.25, 0.3) is 11.5 Å². The zero-order valence-electron chi connectivity index (χ0n) is 11.1. The maximum absolute atomic E-state index is 11.8. The molecule has 0 aliphatic rings. The second-order valence-electron chi connectivity index (χ2n) is 4.20. The van der Waals surface area contributed by atoms with Gasteiger partial charge in [0.25, 0.3) is 0 Å². The van der Waals surface area contributed by atoms with Gasteiger partial charge in [-0.05, 0) is 42.7 Å². The van der Waals surface area contributed by atoms with Crippen LogP contribution in [0.1, 0.15) is 6.42 Å². The number of nitrogens with one attached hydrogen (secondary N) is 1. The van der Waals surface area contributed by atoms with Crippen molar-refractivity contribution in [2.75, 3.05) is 17.3 Å². The number of benzene rings is 1. The Bertz CT molecular complexity index is 542. The van der Waals surface area contributed by atoms with Gasteiger partial charge < -0.3 is 15.5 Å². The van der Waals surface area contributed by atoms with E-state index in [1.807, 2.05) is 6.26 Å².